The van der Waals surface area contributed by atoms with E-state index in [1.807, 2.05) is 50.5 Å². The van der Waals surface area contributed by atoms with E-state index in [1.165, 1.54) is 0 Å². The number of ether oxygens (including phenoxy) is 1. The summed E-state index contributed by atoms with van der Waals surface area (Å²) >= 11 is 0. The maximum atomic E-state index is 5.60. The van der Waals surface area contributed by atoms with Gasteiger partial charge < -0.3 is 4.74 Å². The Balaban J connectivity index is 2.26. The number of hydrogen-bond donors (Lipinski definition) is 0. The lowest BCUT2D eigenvalue weighted by Gasteiger charge is -2.05. The molecule has 0 aliphatic rings. The van der Waals surface area contributed by atoms with E-state index in [1.54, 1.807) is 0 Å². The van der Waals surface area contributed by atoms with E-state index in [0.29, 0.717) is 6.61 Å². The molecule has 1 aromatic carbocycles. The number of aromatic nitrogens is 1. The van der Waals surface area contributed by atoms with Gasteiger partial charge in [0.15, 0.2) is 6.20 Å². The summed E-state index contributed by atoms with van der Waals surface area (Å²) in [7, 11) is 2.04. The van der Waals surface area contributed by atoms with Crippen LogP contribution >= 0.6 is 0 Å². The van der Waals surface area contributed by atoms with Crippen molar-refractivity contribution in [3.05, 3.63) is 59.9 Å². The monoisotopic (exact) mass is 240 g/mol. The molecule has 0 atom stereocenters. The van der Waals surface area contributed by atoms with Crippen LogP contribution in [0.3, 0.4) is 0 Å². The van der Waals surface area contributed by atoms with Crippen LogP contribution in [0.25, 0.3) is 12.2 Å². The Kier molecular flexibility index (Phi) is 4.13. The summed E-state index contributed by atoms with van der Waals surface area (Å²) in [4.78, 5) is 0. The van der Waals surface area contributed by atoms with E-state index in [0.717, 1.165) is 17.0 Å². The number of nitrogens with zero attached hydrogens (tertiary/aromatic N) is 1. The van der Waals surface area contributed by atoms with Crippen LogP contribution in [0.1, 0.15) is 18.2 Å². The Labute approximate surface area is 108 Å². The molecular formula is C16H18NO+. The van der Waals surface area contributed by atoms with Crippen LogP contribution in [0.15, 0.2) is 48.7 Å². The van der Waals surface area contributed by atoms with Crippen LogP contribution < -0.4 is 9.30 Å². The maximum absolute atomic E-state index is 5.60. The van der Waals surface area contributed by atoms with Crippen molar-refractivity contribution in [3.63, 3.8) is 0 Å². The van der Waals surface area contributed by atoms with Gasteiger partial charge in [-0.25, -0.2) is 4.57 Å². The third-order valence-electron chi connectivity index (χ3n) is 2.75. The molecule has 0 saturated carbocycles. The van der Waals surface area contributed by atoms with Gasteiger partial charge in [0, 0.05) is 23.8 Å². The van der Waals surface area contributed by atoms with Crippen LogP contribution in [-0.4, -0.2) is 6.61 Å². The van der Waals surface area contributed by atoms with Gasteiger partial charge in [0.2, 0.25) is 5.69 Å². The maximum Gasteiger partial charge on any atom is 0.204 e. The lowest BCUT2D eigenvalue weighted by atomic mass is 10.1. The molecule has 0 amide bonds. The highest BCUT2D eigenvalue weighted by molar-refractivity contribution is 5.70. The summed E-state index contributed by atoms with van der Waals surface area (Å²) in [5, 5.41) is 0. The molecule has 0 N–H and O–H groups in total. The Morgan fingerprint density at radius 2 is 1.83 bits per heavy atom. The molecule has 0 aliphatic carbocycles. The fraction of sp³-hybridized carbons (Fsp3) is 0.188. The first-order valence-electron chi connectivity index (χ1n) is 6.16. The molecule has 1 heterocycles. The average Bonchev–Trinajstić information content (AvgIpc) is 2.40. The van der Waals surface area contributed by atoms with Crippen molar-refractivity contribution < 1.29 is 9.30 Å². The minimum atomic E-state index is 0.684. The summed E-state index contributed by atoms with van der Waals surface area (Å²) in [6, 6.07) is 14.2. The topological polar surface area (TPSA) is 13.1 Å². The normalized spacial score (nSPS) is 10.8. The molecule has 2 heteroatoms. The number of rotatable bonds is 4. The van der Waals surface area contributed by atoms with Crippen molar-refractivity contribution in [1.82, 2.24) is 0 Å². The zero-order chi connectivity index (χ0) is 12.8. The predicted octanol–water partition coefficient (Wildman–Crippen LogP) is 3.08. The number of hydrogen-bond acceptors (Lipinski definition) is 1. The first kappa shape index (κ1) is 12.4. The molecule has 0 fully saturated rings. The molecular weight excluding hydrogens is 222 g/mol. The second-order valence-corrected chi connectivity index (χ2v) is 4.04. The van der Waals surface area contributed by atoms with E-state index >= 15 is 0 Å². The SMILES string of the molecule is CCOc1ccccc1/C=C/c1cccc[n+]1C. The van der Waals surface area contributed by atoms with Crippen LogP contribution in [0, 0.1) is 0 Å². The summed E-state index contributed by atoms with van der Waals surface area (Å²) in [5.41, 5.74) is 2.26. The van der Waals surface area contributed by atoms with E-state index < -0.39 is 0 Å². The van der Waals surface area contributed by atoms with Crippen molar-refractivity contribution in [3.8, 4) is 5.75 Å². The van der Waals surface area contributed by atoms with Gasteiger partial charge in [-0.3, -0.25) is 0 Å². The van der Waals surface area contributed by atoms with Crippen LogP contribution in [-0.2, 0) is 7.05 Å². The minimum absolute atomic E-state index is 0.684. The first-order chi connectivity index (χ1) is 8.81. The summed E-state index contributed by atoms with van der Waals surface area (Å²) < 4.78 is 7.68. The molecule has 18 heavy (non-hydrogen) atoms. The van der Waals surface area contributed by atoms with Crippen molar-refractivity contribution in [2.24, 2.45) is 7.05 Å². The lowest BCUT2D eigenvalue weighted by molar-refractivity contribution is -0.673. The number of para-hydroxylation sites is 1. The molecule has 0 radical (unpaired) electrons. The Hall–Kier alpha value is -2.09. The molecule has 0 saturated heterocycles. The lowest BCUT2D eigenvalue weighted by Crippen LogP contribution is -2.30. The van der Waals surface area contributed by atoms with Gasteiger partial charge in [-0.15, -0.1) is 0 Å². The number of benzene rings is 1. The Morgan fingerprint density at radius 3 is 2.61 bits per heavy atom. The van der Waals surface area contributed by atoms with E-state index in [4.69, 9.17) is 4.74 Å². The van der Waals surface area contributed by atoms with E-state index in [9.17, 15) is 0 Å². The van der Waals surface area contributed by atoms with Gasteiger partial charge in [-0.2, -0.15) is 0 Å². The second-order valence-electron chi connectivity index (χ2n) is 4.04. The molecule has 2 rings (SSSR count). The van der Waals surface area contributed by atoms with Crippen molar-refractivity contribution in [2.75, 3.05) is 6.61 Å². The smallest absolute Gasteiger partial charge is 0.204 e. The Bertz CT molecular complexity index is 546. The summed E-state index contributed by atoms with van der Waals surface area (Å²) in [5.74, 6) is 0.926. The average molecular weight is 240 g/mol. The molecule has 0 spiro atoms. The minimum Gasteiger partial charge on any atom is -0.493 e. The highest BCUT2D eigenvalue weighted by Gasteiger charge is 2.01. The van der Waals surface area contributed by atoms with Gasteiger partial charge in [-0.05, 0) is 25.1 Å². The third-order valence-corrected chi connectivity index (χ3v) is 2.75. The summed E-state index contributed by atoms with van der Waals surface area (Å²) in [6.07, 6.45) is 6.21. The largest absolute Gasteiger partial charge is 0.493 e. The first-order valence-corrected chi connectivity index (χ1v) is 6.16. The standard InChI is InChI=1S/C16H18NO/c1-3-18-16-10-5-4-8-14(16)11-12-15-9-6-7-13-17(15)2/h4-13H,3H2,1-2H3/q+1/b12-11+. The Morgan fingerprint density at radius 1 is 1.06 bits per heavy atom. The molecule has 0 aliphatic heterocycles. The van der Waals surface area contributed by atoms with E-state index in [2.05, 4.69) is 28.9 Å². The molecule has 0 unspecified atom stereocenters. The van der Waals surface area contributed by atoms with Gasteiger partial charge in [0.25, 0.3) is 0 Å². The number of aryl methyl sites for hydroxylation is 1. The quantitative estimate of drug-likeness (QED) is 0.749. The van der Waals surface area contributed by atoms with Gasteiger partial charge in [0.05, 0.1) is 6.61 Å². The zero-order valence-electron chi connectivity index (χ0n) is 10.8. The molecule has 1 aromatic heterocycles. The summed E-state index contributed by atoms with van der Waals surface area (Å²) in [6.45, 7) is 2.68. The van der Waals surface area contributed by atoms with Gasteiger partial charge in [-0.1, -0.05) is 18.2 Å². The number of pyridine rings is 1. The van der Waals surface area contributed by atoms with Crippen molar-refractivity contribution in [2.45, 2.75) is 6.92 Å². The van der Waals surface area contributed by atoms with Crippen molar-refractivity contribution >= 4 is 12.2 Å². The second kappa shape index (κ2) is 6.01. The fourth-order valence-electron chi connectivity index (χ4n) is 1.79. The van der Waals surface area contributed by atoms with Gasteiger partial charge in [0.1, 0.15) is 12.8 Å². The molecule has 2 nitrogen and oxygen atoms in total. The highest BCUT2D eigenvalue weighted by atomic mass is 16.5. The van der Waals surface area contributed by atoms with Crippen LogP contribution in [0.2, 0.25) is 0 Å². The van der Waals surface area contributed by atoms with Crippen LogP contribution in [0.4, 0.5) is 0 Å². The highest BCUT2D eigenvalue weighted by Crippen LogP contribution is 2.20. The van der Waals surface area contributed by atoms with Gasteiger partial charge >= 0.3 is 0 Å². The predicted molar refractivity (Wildman–Crippen MR) is 74.2 cm³/mol. The van der Waals surface area contributed by atoms with Crippen molar-refractivity contribution in [1.29, 1.82) is 0 Å². The van der Waals surface area contributed by atoms with E-state index in [-0.39, 0.29) is 0 Å². The zero-order valence-corrected chi connectivity index (χ0v) is 10.8. The molecule has 2 aromatic rings. The fourth-order valence-corrected chi connectivity index (χ4v) is 1.79. The third kappa shape index (κ3) is 2.98. The molecule has 92 valence electrons. The molecule has 0 bridgehead atoms. The van der Waals surface area contributed by atoms with Crippen LogP contribution in [0.5, 0.6) is 5.75 Å².